The lowest BCUT2D eigenvalue weighted by atomic mass is 9.93. The summed E-state index contributed by atoms with van der Waals surface area (Å²) >= 11 is 0. The van der Waals surface area contributed by atoms with Gasteiger partial charge in [-0.25, -0.2) is 0 Å². The lowest BCUT2D eigenvalue weighted by molar-refractivity contribution is -0.142. The van der Waals surface area contributed by atoms with Gasteiger partial charge in [-0.1, -0.05) is 32.9 Å². The molecular formula is C15H24N2O. The fraction of sp³-hybridized carbons (Fsp3) is 0.533. The maximum atomic E-state index is 12.4. The van der Waals surface area contributed by atoms with E-state index < -0.39 is 0 Å². The van der Waals surface area contributed by atoms with E-state index in [2.05, 4.69) is 0 Å². The van der Waals surface area contributed by atoms with E-state index in [1.165, 1.54) is 0 Å². The minimum absolute atomic E-state index is 0.175. The van der Waals surface area contributed by atoms with Crippen molar-refractivity contribution < 1.29 is 4.79 Å². The maximum Gasteiger partial charge on any atom is 0.228 e. The number of nitrogens with two attached hydrogens (primary N) is 1. The van der Waals surface area contributed by atoms with Gasteiger partial charge in [-0.3, -0.25) is 4.79 Å². The standard InChI is InChI=1S/C15H24N2O/c1-11(2)17(14(18)15(3,4)5)10-12-6-8-13(16)9-7-12/h6-9,11H,10,16H2,1-5H3. The molecule has 0 atom stereocenters. The summed E-state index contributed by atoms with van der Waals surface area (Å²) in [5.41, 5.74) is 7.17. The monoisotopic (exact) mass is 248 g/mol. The number of carbonyl (C=O) groups excluding carboxylic acids is 1. The van der Waals surface area contributed by atoms with Gasteiger partial charge in [0, 0.05) is 23.7 Å². The average Bonchev–Trinajstić information content (AvgIpc) is 2.25. The predicted molar refractivity (Wildman–Crippen MR) is 76.0 cm³/mol. The van der Waals surface area contributed by atoms with Crippen molar-refractivity contribution in [1.29, 1.82) is 0 Å². The molecule has 1 aromatic rings. The third-order valence-electron chi connectivity index (χ3n) is 2.86. The molecular weight excluding hydrogens is 224 g/mol. The van der Waals surface area contributed by atoms with E-state index >= 15 is 0 Å². The Morgan fingerprint density at radius 2 is 1.72 bits per heavy atom. The quantitative estimate of drug-likeness (QED) is 0.836. The largest absolute Gasteiger partial charge is 0.399 e. The minimum Gasteiger partial charge on any atom is -0.399 e. The molecule has 0 radical (unpaired) electrons. The number of benzene rings is 1. The molecule has 3 heteroatoms. The second-order valence-electron chi connectivity index (χ2n) is 6.02. The van der Waals surface area contributed by atoms with Crippen molar-refractivity contribution in [2.45, 2.75) is 47.2 Å². The number of rotatable bonds is 3. The summed E-state index contributed by atoms with van der Waals surface area (Å²) in [6.45, 7) is 10.6. The zero-order valence-corrected chi connectivity index (χ0v) is 12.0. The van der Waals surface area contributed by atoms with Crippen LogP contribution >= 0.6 is 0 Å². The van der Waals surface area contributed by atoms with E-state index in [9.17, 15) is 4.79 Å². The van der Waals surface area contributed by atoms with E-state index in [4.69, 9.17) is 5.73 Å². The minimum atomic E-state index is -0.349. The summed E-state index contributed by atoms with van der Waals surface area (Å²) in [5.74, 6) is 0.175. The van der Waals surface area contributed by atoms with Gasteiger partial charge in [-0.2, -0.15) is 0 Å². The summed E-state index contributed by atoms with van der Waals surface area (Å²) in [6, 6.07) is 7.88. The fourth-order valence-electron chi connectivity index (χ4n) is 1.74. The maximum absolute atomic E-state index is 12.4. The van der Waals surface area contributed by atoms with Crippen molar-refractivity contribution in [3.63, 3.8) is 0 Å². The lowest BCUT2D eigenvalue weighted by Gasteiger charge is -2.32. The molecule has 0 aliphatic carbocycles. The summed E-state index contributed by atoms with van der Waals surface area (Å²) in [6.07, 6.45) is 0. The number of hydrogen-bond acceptors (Lipinski definition) is 2. The Balaban J connectivity index is 2.88. The molecule has 0 spiro atoms. The van der Waals surface area contributed by atoms with Crippen LogP contribution in [0.4, 0.5) is 5.69 Å². The molecule has 1 aromatic carbocycles. The molecule has 100 valence electrons. The Kier molecular flexibility index (Phi) is 4.38. The normalized spacial score (nSPS) is 11.7. The van der Waals surface area contributed by atoms with Gasteiger partial charge < -0.3 is 10.6 Å². The molecule has 0 heterocycles. The van der Waals surface area contributed by atoms with E-state index in [1.54, 1.807) is 0 Å². The molecule has 1 amide bonds. The molecule has 0 aromatic heterocycles. The third-order valence-corrected chi connectivity index (χ3v) is 2.86. The highest BCUT2D eigenvalue weighted by Crippen LogP contribution is 2.21. The second-order valence-corrected chi connectivity index (χ2v) is 6.02. The first-order valence-electron chi connectivity index (χ1n) is 6.37. The topological polar surface area (TPSA) is 46.3 Å². The van der Waals surface area contributed by atoms with Crippen LogP contribution in [-0.4, -0.2) is 16.8 Å². The SMILES string of the molecule is CC(C)N(Cc1ccc(N)cc1)C(=O)C(C)(C)C. The number of hydrogen-bond donors (Lipinski definition) is 1. The molecule has 3 nitrogen and oxygen atoms in total. The smallest absolute Gasteiger partial charge is 0.228 e. The van der Waals surface area contributed by atoms with Crippen molar-refractivity contribution in [2.75, 3.05) is 5.73 Å². The molecule has 18 heavy (non-hydrogen) atoms. The van der Waals surface area contributed by atoms with Gasteiger partial charge in [0.05, 0.1) is 0 Å². The molecule has 1 rings (SSSR count). The van der Waals surface area contributed by atoms with Crippen LogP contribution < -0.4 is 5.73 Å². The zero-order valence-electron chi connectivity index (χ0n) is 12.0. The van der Waals surface area contributed by atoms with Crippen LogP contribution in [0.5, 0.6) is 0 Å². The van der Waals surface area contributed by atoms with Gasteiger partial charge in [0.15, 0.2) is 0 Å². The van der Waals surface area contributed by atoms with Gasteiger partial charge in [-0.05, 0) is 31.5 Å². The number of amides is 1. The van der Waals surface area contributed by atoms with Crippen molar-refractivity contribution in [2.24, 2.45) is 5.41 Å². The summed E-state index contributed by atoms with van der Waals surface area (Å²) in [4.78, 5) is 14.3. The van der Waals surface area contributed by atoms with Crippen LogP contribution in [0.2, 0.25) is 0 Å². The average molecular weight is 248 g/mol. The molecule has 0 unspecified atom stereocenters. The van der Waals surface area contributed by atoms with E-state index in [0.29, 0.717) is 6.54 Å². The van der Waals surface area contributed by atoms with Gasteiger partial charge in [-0.15, -0.1) is 0 Å². The molecule has 0 aliphatic rings. The van der Waals surface area contributed by atoms with Crippen LogP contribution in [0.15, 0.2) is 24.3 Å². The Labute approximate surface area is 110 Å². The van der Waals surface area contributed by atoms with Gasteiger partial charge in [0.1, 0.15) is 0 Å². The van der Waals surface area contributed by atoms with Crippen LogP contribution in [0.3, 0.4) is 0 Å². The van der Waals surface area contributed by atoms with Gasteiger partial charge in [0.2, 0.25) is 5.91 Å². The molecule has 2 N–H and O–H groups in total. The van der Waals surface area contributed by atoms with Gasteiger partial charge >= 0.3 is 0 Å². The lowest BCUT2D eigenvalue weighted by Crippen LogP contribution is -2.43. The van der Waals surface area contributed by atoms with Crippen LogP contribution in [0.1, 0.15) is 40.2 Å². The second kappa shape index (κ2) is 5.42. The van der Waals surface area contributed by atoms with Crippen molar-refractivity contribution in [3.05, 3.63) is 29.8 Å². The first-order chi connectivity index (χ1) is 8.21. The number of anilines is 1. The summed E-state index contributed by atoms with van der Waals surface area (Å²) < 4.78 is 0. The Morgan fingerprint density at radius 3 is 2.11 bits per heavy atom. The number of nitrogen functional groups attached to an aromatic ring is 1. The first kappa shape index (κ1) is 14.6. The highest BCUT2D eigenvalue weighted by molar-refractivity contribution is 5.81. The molecule has 0 bridgehead atoms. The third kappa shape index (κ3) is 3.76. The fourth-order valence-corrected chi connectivity index (χ4v) is 1.74. The first-order valence-corrected chi connectivity index (χ1v) is 6.37. The van der Waals surface area contributed by atoms with E-state index in [-0.39, 0.29) is 17.4 Å². The highest BCUT2D eigenvalue weighted by Gasteiger charge is 2.28. The Morgan fingerprint density at radius 1 is 1.22 bits per heavy atom. The zero-order chi connectivity index (χ0) is 13.9. The predicted octanol–water partition coefficient (Wildman–Crippen LogP) is 3.05. The van der Waals surface area contributed by atoms with E-state index in [0.717, 1.165) is 11.3 Å². The van der Waals surface area contributed by atoms with E-state index in [1.807, 2.05) is 63.8 Å². The number of nitrogens with zero attached hydrogens (tertiary/aromatic N) is 1. The van der Waals surface area contributed by atoms with Crippen LogP contribution in [0, 0.1) is 5.41 Å². The van der Waals surface area contributed by atoms with Crippen LogP contribution in [0.25, 0.3) is 0 Å². The summed E-state index contributed by atoms with van der Waals surface area (Å²) in [5, 5.41) is 0. The summed E-state index contributed by atoms with van der Waals surface area (Å²) in [7, 11) is 0. The van der Waals surface area contributed by atoms with Crippen molar-refractivity contribution >= 4 is 11.6 Å². The Hall–Kier alpha value is -1.51. The molecule has 0 saturated heterocycles. The Bertz CT molecular complexity index is 401. The highest BCUT2D eigenvalue weighted by atomic mass is 16.2. The molecule has 0 aliphatic heterocycles. The molecule has 0 saturated carbocycles. The van der Waals surface area contributed by atoms with Crippen molar-refractivity contribution in [1.82, 2.24) is 4.90 Å². The van der Waals surface area contributed by atoms with Crippen LogP contribution in [-0.2, 0) is 11.3 Å². The number of carbonyl (C=O) groups is 1. The van der Waals surface area contributed by atoms with Crippen molar-refractivity contribution in [3.8, 4) is 0 Å². The van der Waals surface area contributed by atoms with Gasteiger partial charge in [0.25, 0.3) is 0 Å². The molecule has 0 fully saturated rings.